The number of rotatable bonds is 4. The molecule has 1 aromatic carbocycles. The Morgan fingerprint density at radius 1 is 1.44 bits per heavy atom. The number of likely N-dealkylation sites (tertiary alicyclic amines) is 1. The average molecular weight is 346 g/mol. The number of aryl methyl sites for hydroxylation is 2. The molecule has 132 valence electrons. The predicted molar refractivity (Wildman–Crippen MR) is 86.0 cm³/mol. The lowest BCUT2D eigenvalue weighted by molar-refractivity contribution is -0.152. The van der Waals surface area contributed by atoms with Crippen LogP contribution in [0, 0.1) is 25.6 Å². The summed E-state index contributed by atoms with van der Waals surface area (Å²) in [6, 6.07) is 5.03. The minimum absolute atomic E-state index is 0.145. The molecule has 1 aromatic heterocycles. The molecule has 0 aliphatic carbocycles. The molecule has 2 heterocycles. The van der Waals surface area contributed by atoms with Crippen LogP contribution >= 0.6 is 0 Å². The van der Waals surface area contributed by atoms with Crippen molar-refractivity contribution in [2.45, 2.75) is 39.3 Å². The zero-order valence-electron chi connectivity index (χ0n) is 14.0. The predicted octanol–water partition coefficient (Wildman–Crippen LogP) is 3.00. The summed E-state index contributed by atoms with van der Waals surface area (Å²) in [6.45, 7) is 3.70. The second-order valence-electron chi connectivity index (χ2n) is 6.31. The van der Waals surface area contributed by atoms with Gasteiger partial charge < -0.3 is 14.5 Å². The molecular formula is C18H19FN2O4. The molecule has 2 unspecified atom stereocenters. The van der Waals surface area contributed by atoms with Gasteiger partial charge in [0.2, 0.25) is 5.91 Å². The van der Waals surface area contributed by atoms with E-state index in [1.165, 1.54) is 23.1 Å². The van der Waals surface area contributed by atoms with E-state index in [0.717, 1.165) is 5.56 Å². The summed E-state index contributed by atoms with van der Waals surface area (Å²) in [5, 5.41) is 13.5. The Morgan fingerprint density at radius 3 is 2.80 bits per heavy atom. The van der Waals surface area contributed by atoms with Gasteiger partial charge in [0.15, 0.2) is 0 Å². The lowest BCUT2D eigenvalue weighted by Gasteiger charge is -2.39. The molecular weight excluding hydrogens is 327 g/mol. The molecule has 25 heavy (non-hydrogen) atoms. The number of aliphatic carboxylic acids is 1. The number of hydrogen-bond donors (Lipinski definition) is 1. The molecule has 1 aliphatic heterocycles. The first-order chi connectivity index (χ1) is 11.9. The van der Waals surface area contributed by atoms with E-state index in [1.54, 1.807) is 19.9 Å². The van der Waals surface area contributed by atoms with E-state index in [-0.39, 0.29) is 25.3 Å². The number of amides is 1. The van der Waals surface area contributed by atoms with Gasteiger partial charge in [-0.05, 0) is 38.0 Å². The third kappa shape index (κ3) is 3.26. The molecule has 1 N–H and O–H groups in total. The lowest BCUT2D eigenvalue weighted by Crippen LogP contribution is -2.45. The molecule has 0 spiro atoms. The van der Waals surface area contributed by atoms with Crippen LogP contribution in [0.1, 0.15) is 41.5 Å². The van der Waals surface area contributed by atoms with Crippen molar-refractivity contribution in [1.82, 2.24) is 10.1 Å². The summed E-state index contributed by atoms with van der Waals surface area (Å²) in [5.74, 6) is -1.82. The molecule has 1 fully saturated rings. The van der Waals surface area contributed by atoms with E-state index in [2.05, 4.69) is 5.16 Å². The van der Waals surface area contributed by atoms with Crippen LogP contribution in [0.3, 0.4) is 0 Å². The Bertz CT molecular complexity index is 798. The second-order valence-corrected chi connectivity index (χ2v) is 6.31. The zero-order valence-corrected chi connectivity index (χ0v) is 14.0. The Balaban J connectivity index is 2.04. The topological polar surface area (TPSA) is 83.6 Å². The van der Waals surface area contributed by atoms with Crippen molar-refractivity contribution in [2.75, 3.05) is 0 Å². The van der Waals surface area contributed by atoms with Crippen LogP contribution in [0.2, 0.25) is 0 Å². The summed E-state index contributed by atoms with van der Waals surface area (Å²) < 4.78 is 18.8. The first-order valence-electron chi connectivity index (χ1n) is 8.08. The van der Waals surface area contributed by atoms with Gasteiger partial charge in [-0.15, -0.1) is 0 Å². The van der Waals surface area contributed by atoms with Gasteiger partial charge >= 0.3 is 5.97 Å². The SMILES string of the molecule is Cc1noc(C)c1CN1C(=O)CCC(C(=O)O)C1c1cccc(F)c1. The summed E-state index contributed by atoms with van der Waals surface area (Å²) in [7, 11) is 0. The van der Waals surface area contributed by atoms with Crippen LogP contribution in [-0.2, 0) is 16.1 Å². The van der Waals surface area contributed by atoms with Gasteiger partial charge in [0, 0.05) is 12.0 Å². The fourth-order valence-corrected chi connectivity index (χ4v) is 3.40. The third-order valence-electron chi connectivity index (χ3n) is 4.72. The Hall–Kier alpha value is -2.70. The third-order valence-corrected chi connectivity index (χ3v) is 4.72. The van der Waals surface area contributed by atoms with Gasteiger partial charge in [0.05, 0.1) is 24.2 Å². The Morgan fingerprint density at radius 2 is 2.20 bits per heavy atom. The number of carbonyl (C=O) groups excluding carboxylic acids is 1. The summed E-state index contributed by atoms with van der Waals surface area (Å²) in [6.07, 6.45) is 0.375. The average Bonchev–Trinajstić information content (AvgIpc) is 2.88. The first-order valence-corrected chi connectivity index (χ1v) is 8.08. The van der Waals surface area contributed by atoms with Gasteiger partial charge in [0.25, 0.3) is 0 Å². The van der Waals surface area contributed by atoms with Crippen LogP contribution in [0.25, 0.3) is 0 Å². The minimum atomic E-state index is -0.995. The fourth-order valence-electron chi connectivity index (χ4n) is 3.40. The maximum atomic E-state index is 13.7. The van der Waals surface area contributed by atoms with Crippen molar-refractivity contribution in [1.29, 1.82) is 0 Å². The van der Waals surface area contributed by atoms with Gasteiger partial charge in [-0.25, -0.2) is 4.39 Å². The highest BCUT2D eigenvalue weighted by atomic mass is 19.1. The highest BCUT2D eigenvalue weighted by Crippen LogP contribution is 2.38. The fraction of sp³-hybridized carbons (Fsp3) is 0.389. The largest absolute Gasteiger partial charge is 0.481 e. The van der Waals surface area contributed by atoms with E-state index in [9.17, 15) is 19.1 Å². The molecule has 7 heteroatoms. The van der Waals surface area contributed by atoms with Crippen molar-refractivity contribution < 1.29 is 23.6 Å². The minimum Gasteiger partial charge on any atom is -0.481 e. The smallest absolute Gasteiger partial charge is 0.308 e. The standard InChI is InChI=1S/C18H19FN2O4/c1-10-15(11(2)25-20-10)9-21-16(22)7-6-14(18(23)24)17(21)12-4-3-5-13(19)8-12/h3-5,8,14,17H,6-7,9H2,1-2H3,(H,23,24). The molecule has 3 rings (SSSR count). The van der Waals surface area contributed by atoms with E-state index < -0.39 is 23.7 Å². The van der Waals surface area contributed by atoms with Gasteiger partial charge in [-0.2, -0.15) is 0 Å². The molecule has 2 aromatic rings. The van der Waals surface area contributed by atoms with Crippen molar-refractivity contribution in [3.05, 3.63) is 52.7 Å². The monoisotopic (exact) mass is 346 g/mol. The van der Waals surface area contributed by atoms with Crippen molar-refractivity contribution >= 4 is 11.9 Å². The molecule has 0 bridgehead atoms. The Labute approximate surface area is 144 Å². The lowest BCUT2D eigenvalue weighted by atomic mass is 9.84. The van der Waals surface area contributed by atoms with Crippen LogP contribution in [0.5, 0.6) is 0 Å². The highest BCUT2D eigenvalue weighted by molar-refractivity contribution is 5.81. The van der Waals surface area contributed by atoms with Gasteiger partial charge in [-0.1, -0.05) is 17.3 Å². The first kappa shape index (κ1) is 17.1. The molecule has 6 nitrogen and oxygen atoms in total. The van der Waals surface area contributed by atoms with Gasteiger partial charge in [0.1, 0.15) is 11.6 Å². The number of nitrogens with zero attached hydrogens (tertiary/aromatic N) is 2. The van der Waals surface area contributed by atoms with Crippen molar-refractivity contribution in [3.8, 4) is 0 Å². The zero-order chi connectivity index (χ0) is 18.1. The molecule has 1 saturated heterocycles. The Kier molecular flexibility index (Phi) is 4.57. The molecule has 2 atom stereocenters. The molecule has 1 aliphatic rings. The summed E-state index contributed by atoms with van der Waals surface area (Å²) >= 11 is 0. The quantitative estimate of drug-likeness (QED) is 0.920. The number of benzene rings is 1. The highest BCUT2D eigenvalue weighted by Gasteiger charge is 2.41. The number of carboxylic acids is 1. The molecule has 0 saturated carbocycles. The van der Waals surface area contributed by atoms with Crippen LogP contribution in [0.15, 0.2) is 28.8 Å². The number of halogens is 1. The van der Waals surface area contributed by atoms with Crippen LogP contribution < -0.4 is 0 Å². The van der Waals surface area contributed by atoms with Crippen LogP contribution in [0.4, 0.5) is 4.39 Å². The van der Waals surface area contributed by atoms with E-state index >= 15 is 0 Å². The number of carboxylic acid groups (broad SMARTS) is 1. The maximum Gasteiger partial charge on any atom is 0.308 e. The van der Waals surface area contributed by atoms with Crippen LogP contribution in [-0.4, -0.2) is 27.0 Å². The maximum absolute atomic E-state index is 13.7. The normalized spacial score (nSPS) is 20.8. The van der Waals surface area contributed by atoms with E-state index in [1.807, 2.05) is 0 Å². The number of hydrogen-bond acceptors (Lipinski definition) is 4. The summed E-state index contributed by atoms with van der Waals surface area (Å²) in [4.78, 5) is 25.8. The second kappa shape index (κ2) is 6.66. The molecule has 0 radical (unpaired) electrons. The van der Waals surface area contributed by atoms with E-state index in [0.29, 0.717) is 17.0 Å². The van der Waals surface area contributed by atoms with Crippen molar-refractivity contribution in [2.24, 2.45) is 5.92 Å². The summed E-state index contributed by atoms with van der Waals surface area (Å²) in [5.41, 5.74) is 1.88. The molecule has 1 amide bonds. The number of aromatic nitrogens is 1. The van der Waals surface area contributed by atoms with E-state index in [4.69, 9.17) is 4.52 Å². The van der Waals surface area contributed by atoms with Gasteiger partial charge in [-0.3, -0.25) is 9.59 Å². The number of piperidine rings is 1. The van der Waals surface area contributed by atoms with Crippen molar-refractivity contribution in [3.63, 3.8) is 0 Å². The number of carbonyl (C=O) groups is 2.